The molecule has 0 spiro atoms. The molecule has 26 heavy (non-hydrogen) atoms. The molecule has 1 heterocycles. The lowest BCUT2D eigenvalue weighted by Crippen LogP contribution is -2.47. The van der Waals surface area contributed by atoms with Crippen molar-refractivity contribution in [1.29, 1.82) is 0 Å². The van der Waals surface area contributed by atoms with Crippen molar-refractivity contribution in [3.63, 3.8) is 0 Å². The molecule has 3 rings (SSSR count). The first-order valence-corrected chi connectivity index (χ1v) is 9.72. The summed E-state index contributed by atoms with van der Waals surface area (Å²) < 4.78 is 5.27. The highest BCUT2D eigenvalue weighted by molar-refractivity contribution is 6.31. The lowest BCUT2D eigenvalue weighted by atomic mass is 9.67. The van der Waals surface area contributed by atoms with Crippen LogP contribution in [-0.2, 0) is 11.2 Å². The number of fused-ring (bicyclic) bond motifs is 1. The first kappa shape index (κ1) is 19.1. The summed E-state index contributed by atoms with van der Waals surface area (Å²) in [5.74, 6) is 0.867. The van der Waals surface area contributed by atoms with Crippen LogP contribution in [0.4, 0.5) is 0 Å². The van der Waals surface area contributed by atoms with Crippen LogP contribution in [0.5, 0.6) is 0 Å². The van der Waals surface area contributed by atoms with E-state index in [9.17, 15) is 0 Å². The molecule has 1 aliphatic carbocycles. The monoisotopic (exact) mass is 376 g/mol. The maximum Gasteiger partial charge on any atom is 0.191 e. The average molecular weight is 377 g/mol. The second-order valence-electron chi connectivity index (χ2n) is 7.20. The molecule has 0 radical (unpaired) electrons. The number of aliphatic imine (C=N–C) groups is 1. The van der Waals surface area contributed by atoms with Gasteiger partial charge in [0.05, 0.1) is 0 Å². The first-order valence-electron chi connectivity index (χ1n) is 9.35. The van der Waals surface area contributed by atoms with E-state index in [0.29, 0.717) is 5.41 Å². The molecule has 0 unspecified atom stereocenters. The van der Waals surface area contributed by atoms with Gasteiger partial charge in [-0.15, -0.1) is 0 Å². The van der Waals surface area contributed by atoms with Crippen LogP contribution in [0.25, 0.3) is 10.9 Å². The Morgan fingerprint density at radius 3 is 2.88 bits per heavy atom. The van der Waals surface area contributed by atoms with Crippen LogP contribution in [0.15, 0.2) is 29.4 Å². The summed E-state index contributed by atoms with van der Waals surface area (Å²) in [6.45, 7) is 2.61. The number of ether oxygens (including phenoxy) is 1. The molecule has 2 aromatic rings. The van der Waals surface area contributed by atoms with Gasteiger partial charge in [0.1, 0.15) is 0 Å². The van der Waals surface area contributed by atoms with Gasteiger partial charge in [-0.2, -0.15) is 0 Å². The summed E-state index contributed by atoms with van der Waals surface area (Å²) in [5, 5.41) is 8.89. The van der Waals surface area contributed by atoms with E-state index in [1.165, 1.54) is 30.2 Å². The minimum atomic E-state index is 0.376. The van der Waals surface area contributed by atoms with Gasteiger partial charge in [0.15, 0.2) is 5.96 Å². The van der Waals surface area contributed by atoms with Crippen LogP contribution < -0.4 is 10.6 Å². The van der Waals surface area contributed by atoms with E-state index in [-0.39, 0.29) is 0 Å². The molecule has 1 saturated carbocycles. The standard InChI is InChI=1S/C20H29ClN4O/c1-22-19(25-14-20(7-3-8-20)9-11-26-2)23-10-6-15-13-24-18-5-4-16(21)12-17(15)18/h4-5,12-13,24H,3,6-11,14H2,1-2H3,(H2,22,23,25). The molecule has 1 aromatic heterocycles. The Bertz CT molecular complexity index is 751. The smallest absolute Gasteiger partial charge is 0.191 e. The molecule has 1 aromatic carbocycles. The number of hydrogen-bond donors (Lipinski definition) is 3. The maximum atomic E-state index is 6.13. The van der Waals surface area contributed by atoms with E-state index >= 15 is 0 Å². The molecule has 1 aliphatic rings. The topological polar surface area (TPSA) is 61.4 Å². The van der Waals surface area contributed by atoms with Crippen molar-refractivity contribution in [3.05, 3.63) is 35.0 Å². The number of guanidine groups is 1. The quantitative estimate of drug-likeness (QED) is 0.486. The molecule has 0 bridgehead atoms. The number of nitrogens with one attached hydrogen (secondary N) is 3. The minimum Gasteiger partial charge on any atom is -0.385 e. The van der Waals surface area contributed by atoms with E-state index in [1.807, 2.05) is 25.2 Å². The summed E-state index contributed by atoms with van der Waals surface area (Å²) >= 11 is 6.13. The number of rotatable bonds is 8. The van der Waals surface area contributed by atoms with Crippen molar-refractivity contribution < 1.29 is 4.74 Å². The number of benzene rings is 1. The van der Waals surface area contributed by atoms with Gasteiger partial charge in [-0.25, -0.2) is 0 Å². The molecule has 0 aliphatic heterocycles. The van der Waals surface area contributed by atoms with Gasteiger partial charge in [0.2, 0.25) is 0 Å². The molecule has 3 N–H and O–H groups in total. The normalized spacial score (nSPS) is 16.5. The zero-order valence-electron chi connectivity index (χ0n) is 15.7. The second kappa shape index (κ2) is 8.78. The molecular formula is C20H29ClN4O. The minimum absolute atomic E-state index is 0.376. The van der Waals surface area contributed by atoms with Crippen LogP contribution in [0.1, 0.15) is 31.2 Å². The van der Waals surface area contributed by atoms with Gasteiger partial charge >= 0.3 is 0 Å². The Labute approximate surface area is 160 Å². The van der Waals surface area contributed by atoms with E-state index in [4.69, 9.17) is 16.3 Å². The second-order valence-corrected chi connectivity index (χ2v) is 7.64. The van der Waals surface area contributed by atoms with Gasteiger partial charge in [-0.3, -0.25) is 4.99 Å². The van der Waals surface area contributed by atoms with Gasteiger partial charge in [-0.05, 0) is 54.9 Å². The fourth-order valence-corrected chi connectivity index (χ4v) is 3.85. The van der Waals surface area contributed by atoms with Crippen molar-refractivity contribution in [2.24, 2.45) is 10.4 Å². The predicted molar refractivity (Wildman–Crippen MR) is 109 cm³/mol. The van der Waals surface area contributed by atoms with Crippen LogP contribution in [-0.4, -0.2) is 44.8 Å². The van der Waals surface area contributed by atoms with Crippen molar-refractivity contribution in [2.45, 2.75) is 32.1 Å². The van der Waals surface area contributed by atoms with Crippen molar-refractivity contribution >= 4 is 28.5 Å². The Hall–Kier alpha value is -1.72. The number of aromatic amines is 1. The zero-order chi connectivity index (χ0) is 18.4. The number of hydrogen-bond acceptors (Lipinski definition) is 2. The average Bonchev–Trinajstić information content (AvgIpc) is 3.01. The SMILES string of the molecule is CN=C(NCCc1c[nH]c2ccc(Cl)cc12)NCC1(CCOC)CCC1. The van der Waals surface area contributed by atoms with Crippen molar-refractivity contribution in [3.8, 4) is 0 Å². The zero-order valence-corrected chi connectivity index (χ0v) is 16.5. The van der Waals surface area contributed by atoms with Crippen molar-refractivity contribution in [2.75, 3.05) is 33.9 Å². The van der Waals surface area contributed by atoms with Crippen molar-refractivity contribution in [1.82, 2.24) is 15.6 Å². The van der Waals surface area contributed by atoms with E-state index in [0.717, 1.165) is 49.0 Å². The largest absolute Gasteiger partial charge is 0.385 e. The summed E-state index contributed by atoms with van der Waals surface area (Å²) in [7, 11) is 3.60. The molecular weight excluding hydrogens is 348 g/mol. The van der Waals surface area contributed by atoms with Crippen LogP contribution in [0, 0.1) is 5.41 Å². The lowest BCUT2D eigenvalue weighted by Gasteiger charge is -2.42. The number of H-pyrrole nitrogens is 1. The summed E-state index contributed by atoms with van der Waals surface area (Å²) in [6, 6.07) is 5.95. The number of aromatic nitrogens is 1. The van der Waals surface area contributed by atoms with Gasteiger partial charge < -0.3 is 20.4 Å². The molecule has 0 atom stereocenters. The number of nitrogens with zero attached hydrogens (tertiary/aromatic N) is 1. The molecule has 5 nitrogen and oxygen atoms in total. The highest BCUT2D eigenvalue weighted by Crippen LogP contribution is 2.43. The van der Waals surface area contributed by atoms with Crippen LogP contribution in [0.2, 0.25) is 5.02 Å². The van der Waals surface area contributed by atoms with E-state index in [2.05, 4.69) is 26.8 Å². The first-order chi connectivity index (χ1) is 12.7. The lowest BCUT2D eigenvalue weighted by molar-refractivity contribution is 0.0732. The maximum absolute atomic E-state index is 6.13. The molecule has 142 valence electrons. The van der Waals surface area contributed by atoms with E-state index < -0.39 is 0 Å². The Morgan fingerprint density at radius 2 is 2.19 bits per heavy atom. The molecule has 1 fully saturated rings. The van der Waals surface area contributed by atoms with Crippen LogP contribution >= 0.6 is 11.6 Å². The summed E-state index contributed by atoms with van der Waals surface area (Å²) in [5.41, 5.74) is 2.76. The summed E-state index contributed by atoms with van der Waals surface area (Å²) in [4.78, 5) is 7.66. The third-order valence-corrected chi connectivity index (χ3v) is 5.76. The van der Waals surface area contributed by atoms with E-state index in [1.54, 1.807) is 7.11 Å². The third kappa shape index (κ3) is 4.51. The van der Waals surface area contributed by atoms with Crippen LogP contribution in [0.3, 0.4) is 0 Å². The highest BCUT2D eigenvalue weighted by Gasteiger charge is 2.36. The molecule has 6 heteroatoms. The Balaban J connectivity index is 1.49. The van der Waals surface area contributed by atoms with Gasteiger partial charge in [0, 0.05) is 56.0 Å². The Morgan fingerprint density at radius 1 is 1.35 bits per heavy atom. The highest BCUT2D eigenvalue weighted by atomic mass is 35.5. The molecule has 0 amide bonds. The third-order valence-electron chi connectivity index (χ3n) is 5.52. The molecule has 0 saturated heterocycles. The number of methoxy groups -OCH3 is 1. The Kier molecular flexibility index (Phi) is 6.43. The summed E-state index contributed by atoms with van der Waals surface area (Å²) in [6.07, 6.45) is 7.96. The van der Waals surface area contributed by atoms with Gasteiger partial charge in [0.25, 0.3) is 0 Å². The predicted octanol–water partition coefficient (Wildman–Crippen LogP) is 3.74. The van der Waals surface area contributed by atoms with Gasteiger partial charge in [-0.1, -0.05) is 18.0 Å². The fraction of sp³-hybridized carbons (Fsp3) is 0.550. The fourth-order valence-electron chi connectivity index (χ4n) is 3.68. The number of halogens is 1.